The molecule has 3 aliphatic heterocycles. The van der Waals surface area contributed by atoms with Crippen LogP contribution in [-0.4, -0.2) is 33.6 Å². The molecule has 3 N–H and O–H groups in total. The fraction of sp³-hybridized carbons (Fsp3) is 0.333. The smallest absolute Gasteiger partial charge is 0.255 e. The van der Waals surface area contributed by atoms with Gasteiger partial charge in [0.05, 0.1) is 5.69 Å². The minimum atomic E-state index is -0.582. The SMILES string of the molecule is O=C1CCC(N2Cc3ccc(CNc4ccnc5c4CNC5)cc3C2=O)C(=O)N1. The Hall–Kier alpha value is -3.26. The largest absolute Gasteiger partial charge is 0.381 e. The van der Waals surface area contributed by atoms with Crippen molar-refractivity contribution in [2.45, 2.75) is 45.1 Å². The van der Waals surface area contributed by atoms with Crippen molar-refractivity contribution < 1.29 is 14.4 Å². The fourth-order valence-electron chi connectivity index (χ4n) is 4.27. The predicted octanol–water partition coefficient (Wildman–Crippen LogP) is 1.06. The Labute approximate surface area is 167 Å². The maximum absolute atomic E-state index is 12.9. The molecule has 3 amide bonds. The summed E-state index contributed by atoms with van der Waals surface area (Å²) >= 11 is 0. The van der Waals surface area contributed by atoms with Crippen LogP contribution in [0.5, 0.6) is 0 Å². The molecule has 3 aliphatic rings. The van der Waals surface area contributed by atoms with E-state index in [2.05, 4.69) is 20.9 Å². The Morgan fingerprint density at radius 3 is 2.93 bits per heavy atom. The number of anilines is 1. The number of carbonyl (C=O) groups excluding carboxylic acids is 3. The van der Waals surface area contributed by atoms with Gasteiger partial charge in [-0.05, 0) is 29.7 Å². The van der Waals surface area contributed by atoms with Gasteiger partial charge in [0.15, 0.2) is 0 Å². The molecule has 0 aliphatic carbocycles. The molecule has 0 spiro atoms. The van der Waals surface area contributed by atoms with E-state index in [9.17, 15) is 14.4 Å². The van der Waals surface area contributed by atoms with Gasteiger partial charge >= 0.3 is 0 Å². The number of benzene rings is 1. The van der Waals surface area contributed by atoms with Crippen LogP contribution in [0.2, 0.25) is 0 Å². The Morgan fingerprint density at radius 2 is 2.07 bits per heavy atom. The average Bonchev–Trinajstić information content (AvgIpc) is 3.32. The van der Waals surface area contributed by atoms with Crippen LogP contribution in [-0.2, 0) is 35.8 Å². The Bertz CT molecular complexity index is 1030. The number of carbonyl (C=O) groups is 3. The van der Waals surface area contributed by atoms with E-state index in [1.165, 1.54) is 5.56 Å². The van der Waals surface area contributed by atoms with E-state index in [1.807, 2.05) is 24.3 Å². The van der Waals surface area contributed by atoms with Crippen molar-refractivity contribution >= 4 is 23.4 Å². The minimum absolute atomic E-state index is 0.148. The molecule has 2 aromatic rings. The molecule has 0 bridgehead atoms. The van der Waals surface area contributed by atoms with Crippen molar-refractivity contribution in [3.63, 3.8) is 0 Å². The molecular formula is C21H21N5O3. The lowest BCUT2D eigenvalue weighted by atomic mass is 10.0. The number of aromatic nitrogens is 1. The van der Waals surface area contributed by atoms with Crippen LogP contribution in [0.1, 0.15) is 45.6 Å². The third kappa shape index (κ3) is 3.15. The van der Waals surface area contributed by atoms with Crippen LogP contribution in [0, 0.1) is 0 Å². The fourth-order valence-corrected chi connectivity index (χ4v) is 4.27. The van der Waals surface area contributed by atoms with Crippen molar-refractivity contribution in [2.24, 2.45) is 0 Å². The van der Waals surface area contributed by atoms with Crippen molar-refractivity contribution in [1.29, 1.82) is 0 Å². The average molecular weight is 391 g/mol. The predicted molar refractivity (Wildman–Crippen MR) is 105 cm³/mol. The number of amides is 3. The van der Waals surface area contributed by atoms with E-state index < -0.39 is 6.04 Å². The van der Waals surface area contributed by atoms with E-state index in [4.69, 9.17) is 0 Å². The second-order valence-electron chi connectivity index (χ2n) is 7.63. The second kappa shape index (κ2) is 6.97. The zero-order chi connectivity index (χ0) is 20.0. The van der Waals surface area contributed by atoms with E-state index in [0.717, 1.165) is 35.6 Å². The summed E-state index contributed by atoms with van der Waals surface area (Å²) in [5.74, 6) is -0.809. The van der Waals surface area contributed by atoms with Gasteiger partial charge in [0.25, 0.3) is 5.91 Å². The molecule has 148 valence electrons. The van der Waals surface area contributed by atoms with E-state index in [0.29, 0.717) is 25.1 Å². The van der Waals surface area contributed by atoms with Crippen molar-refractivity contribution in [1.82, 2.24) is 20.5 Å². The number of imide groups is 1. The molecule has 1 aromatic carbocycles. The summed E-state index contributed by atoms with van der Waals surface area (Å²) in [6.07, 6.45) is 2.44. The molecule has 1 saturated heterocycles. The number of pyridine rings is 1. The summed E-state index contributed by atoms with van der Waals surface area (Å²) < 4.78 is 0. The zero-order valence-electron chi connectivity index (χ0n) is 15.8. The van der Waals surface area contributed by atoms with Crippen molar-refractivity contribution in [2.75, 3.05) is 5.32 Å². The van der Waals surface area contributed by atoms with Crippen LogP contribution in [0.15, 0.2) is 30.5 Å². The first-order valence-electron chi connectivity index (χ1n) is 9.78. The number of hydrogen-bond donors (Lipinski definition) is 3. The summed E-state index contributed by atoms with van der Waals surface area (Å²) in [4.78, 5) is 42.4. The highest BCUT2D eigenvalue weighted by Gasteiger charge is 2.39. The highest BCUT2D eigenvalue weighted by Crippen LogP contribution is 2.29. The molecule has 8 nitrogen and oxygen atoms in total. The summed E-state index contributed by atoms with van der Waals surface area (Å²) in [5.41, 5.74) is 5.86. The highest BCUT2D eigenvalue weighted by atomic mass is 16.2. The summed E-state index contributed by atoms with van der Waals surface area (Å²) in [6.45, 7) is 2.58. The van der Waals surface area contributed by atoms with Gasteiger partial charge < -0.3 is 15.5 Å². The number of hydrogen-bond acceptors (Lipinski definition) is 6. The molecule has 0 saturated carbocycles. The van der Waals surface area contributed by atoms with Crippen LogP contribution in [0.4, 0.5) is 5.69 Å². The van der Waals surface area contributed by atoms with Crippen molar-refractivity contribution in [3.05, 3.63) is 58.4 Å². The first kappa shape index (κ1) is 17.8. The molecule has 1 unspecified atom stereocenters. The first-order valence-corrected chi connectivity index (χ1v) is 9.78. The number of nitrogens with zero attached hydrogens (tertiary/aromatic N) is 2. The Kier molecular flexibility index (Phi) is 4.28. The Morgan fingerprint density at radius 1 is 1.17 bits per heavy atom. The quantitative estimate of drug-likeness (QED) is 0.674. The maximum Gasteiger partial charge on any atom is 0.255 e. The third-order valence-corrected chi connectivity index (χ3v) is 5.81. The lowest BCUT2D eigenvalue weighted by molar-refractivity contribution is -0.136. The first-order chi connectivity index (χ1) is 14.1. The summed E-state index contributed by atoms with van der Waals surface area (Å²) in [5, 5.41) is 9.08. The van der Waals surface area contributed by atoms with E-state index >= 15 is 0 Å². The van der Waals surface area contributed by atoms with Crippen LogP contribution < -0.4 is 16.0 Å². The molecule has 5 rings (SSSR count). The molecular weight excluding hydrogens is 370 g/mol. The summed E-state index contributed by atoms with van der Waals surface area (Å²) in [7, 11) is 0. The molecule has 0 radical (unpaired) electrons. The van der Waals surface area contributed by atoms with Crippen LogP contribution in [0.25, 0.3) is 0 Å². The van der Waals surface area contributed by atoms with Gasteiger partial charge in [0.1, 0.15) is 6.04 Å². The third-order valence-electron chi connectivity index (χ3n) is 5.81. The molecule has 1 fully saturated rings. The van der Waals surface area contributed by atoms with Crippen LogP contribution >= 0.6 is 0 Å². The van der Waals surface area contributed by atoms with Gasteiger partial charge in [-0.25, -0.2) is 0 Å². The maximum atomic E-state index is 12.9. The van der Waals surface area contributed by atoms with Gasteiger partial charge in [-0.3, -0.25) is 24.7 Å². The normalized spacial score (nSPS) is 20.5. The molecule has 1 aromatic heterocycles. The van der Waals surface area contributed by atoms with E-state index in [1.54, 1.807) is 11.1 Å². The number of piperidine rings is 1. The second-order valence-corrected chi connectivity index (χ2v) is 7.63. The van der Waals surface area contributed by atoms with Gasteiger partial charge in [-0.2, -0.15) is 0 Å². The summed E-state index contributed by atoms with van der Waals surface area (Å²) in [6, 6.07) is 7.24. The minimum Gasteiger partial charge on any atom is -0.381 e. The number of fused-ring (bicyclic) bond motifs is 2. The molecule has 8 heteroatoms. The van der Waals surface area contributed by atoms with Gasteiger partial charge in [-0.15, -0.1) is 0 Å². The van der Waals surface area contributed by atoms with Gasteiger partial charge in [-0.1, -0.05) is 12.1 Å². The Balaban J connectivity index is 1.31. The monoisotopic (exact) mass is 391 g/mol. The molecule has 4 heterocycles. The van der Waals surface area contributed by atoms with E-state index in [-0.39, 0.29) is 24.1 Å². The zero-order valence-corrected chi connectivity index (χ0v) is 15.8. The van der Waals surface area contributed by atoms with Gasteiger partial charge in [0, 0.05) is 55.6 Å². The van der Waals surface area contributed by atoms with Gasteiger partial charge in [0.2, 0.25) is 11.8 Å². The topological polar surface area (TPSA) is 103 Å². The molecule has 29 heavy (non-hydrogen) atoms. The number of nitrogens with one attached hydrogen (secondary N) is 3. The molecule has 1 atom stereocenters. The lowest BCUT2D eigenvalue weighted by Crippen LogP contribution is -2.52. The lowest BCUT2D eigenvalue weighted by Gasteiger charge is -2.29. The van der Waals surface area contributed by atoms with Crippen molar-refractivity contribution in [3.8, 4) is 0 Å². The number of rotatable bonds is 4. The highest BCUT2D eigenvalue weighted by molar-refractivity contribution is 6.05. The standard InChI is InChI=1S/C21H21N5O3/c27-19-4-3-18(20(28)25-19)26-11-13-2-1-12(7-14(13)21(26)29)8-24-16-5-6-23-17-10-22-9-15(16)17/h1-2,5-7,18,22H,3-4,8-11H2,(H,23,24)(H,25,27,28). The van der Waals surface area contributed by atoms with Crippen LogP contribution in [0.3, 0.4) is 0 Å².